The highest BCUT2D eigenvalue weighted by Gasteiger charge is 2.13. The number of carbonyl (C=O) groups excluding carboxylic acids is 1. The molecule has 4 N–H and O–H groups in total. The average Bonchev–Trinajstić information content (AvgIpc) is 2.49. The number of aromatic nitrogens is 1. The Hall–Kier alpha value is -2.41. The maximum absolute atomic E-state index is 12.2. The maximum Gasteiger partial charge on any atom is 0.275 e. The summed E-state index contributed by atoms with van der Waals surface area (Å²) in [6, 6.07) is 8.58. The summed E-state index contributed by atoms with van der Waals surface area (Å²) < 4.78 is 0.604. The number of rotatable bonds is 3. The van der Waals surface area contributed by atoms with Crippen LogP contribution in [-0.4, -0.2) is 21.9 Å². The fourth-order valence-electron chi connectivity index (χ4n) is 1.71. The van der Waals surface area contributed by atoms with Crippen LogP contribution in [0.25, 0.3) is 0 Å². The summed E-state index contributed by atoms with van der Waals surface area (Å²) in [5, 5.41) is 14.4. The lowest BCUT2D eigenvalue weighted by Gasteiger charge is -2.10. The second-order valence-corrected chi connectivity index (χ2v) is 5.16. The highest BCUT2D eigenvalue weighted by molar-refractivity contribution is 9.10. The van der Waals surface area contributed by atoms with Crippen LogP contribution in [0.1, 0.15) is 21.6 Å². The van der Waals surface area contributed by atoms with Crippen molar-refractivity contribution in [3.8, 4) is 0 Å². The lowest BCUT2D eigenvalue weighted by Crippen LogP contribution is -2.17. The van der Waals surface area contributed by atoms with Gasteiger partial charge in [-0.2, -0.15) is 0 Å². The molecule has 0 spiro atoms. The molecule has 2 rings (SSSR count). The van der Waals surface area contributed by atoms with Crippen LogP contribution in [0.2, 0.25) is 0 Å². The van der Waals surface area contributed by atoms with Gasteiger partial charge in [0.15, 0.2) is 5.84 Å². The fourth-order valence-corrected chi connectivity index (χ4v) is 2.14. The number of amidine groups is 1. The number of amides is 1. The van der Waals surface area contributed by atoms with E-state index < -0.39 is 0 Å². The summed E-state index contributed by atoms with van der Waals surface area (Å²) in [6.07, 6.45) is 1.54. The minimum Gasteiger partial charge on any atom is -0.409 e. The first kappa shape index (κ1) is 15.0. The molecule has 0 aliphatic carbocycles. The van der Waals surface area contributed by atoms with E-state index in [1.807, 2.05) is 6.92 Å². The number of pyridine rings is 1. The summed E-state index contributed by atoms with van der Waals surface area (Å²) >= 11 is 3.28. The van der Waals surface area contributed by atoms with Crippen molar-refractivity contribution in [1.82, 2.24) is 4.98 Å². The quantitative estimate of drug-likeness (QED) is 0.343. The van der Waals surface area contributed by atoms with Crippen molar-refractivity contribution in [2.75, 3.05) is 5.32 Å². The van der Waals surface area contributed by atoms with Gasteiger partial charge in [0.2, 0.25) is 0 Å². The van der Waals surface area contributed by atoms with Gasteiger partial charge in [0.05, 0.1) is 0 Å². The van der Waals surface area contributed by atoms with E-state index >= 15 is 0 Å². The van der Waals surface area contributed by atoms with Crippen LogP contribution in [0, 0.1) is 6.92 Å². The number of carbonyl (C=O) groups is 1. The van der Waals surface area contributed by atoms with E-state index in [2.05, 4.69) is 31.4 Å². The molecule has 1 aromatic carbocycles. The second kappa shape index (κ2) is 6.36. The zero-order valence-electron chi connectivity index (χ0n) is 11.2. The third-order valence-corrected chi connectivity index (χ3v) is 3.50. The Balaban J connectivity index is 2.31. The van der Waals surface area contributed by atoms with E-state index in [4.69, 9.17) is 10.9 Å². The van der Waals surface area contributed by atoms with Crippen molar-refractivity contribution in [1.29, 1.82) is 0 Å². The third-order valence-electron chi connectivity index (χ3n) is 2.86. The smallest absolute Gasteiger partial charge is 0.275 e. The van der Waals surface area contributed by atoms with Crippen LogP contribution in [0.5, 0.6) is 0 Å². The lowest BCUT2D eigenvalue weighted by molar-refractivity contribution is 0.102. The molecular formula is C14H13BrN4O2. The second-order valence-electron chi connectivity index (χ2n) is 4.30. The monoisotopic (exact) mass is 348 g/mol. The number of aryl methyl sites for hydroxylation is 1. The standard InChI is InChI=1S/C14H13BrN4O2/c1-8-4-5-9(13(16)19-21)7-11(8)18-14(20)12-10(15)3-2-6-17-12/h2-7,21H,1H3,(H2,16,19)(H,18,20). The van der Waals surface area contributed by atoms with Gasteiger partial charge in [-0.25, -0.2) is 4.98 Å². The molecule has 0 atom stereocenters. The number of nitrogens with two attached hydrogens (primary N) is 1. The van der Waals surface area contributed by atoms with Crippen molar-refractivity contribution in [2.24, 2.45) is 10.9 Å². The predicted molar refractivity (Wildman–Crippen MR) is 83.6 cm³/mol. The first-order valence-corrected chi connectivity index (χ1v) is 6.82. The molecule has 0 saturated carbocycles. The van der Waals surface area contributed by atoms with Crippen LogP contribution in [0.3, 0.4) is 0 Å². The van der Waals surface area contributed by atoms with Crippen molar-refractivity contribution in [2.45, 2.75) is 6.92 Å². The van der Waals surface area contributed by atoms with Crippen molar-refractivity contribution >= 4 is 33.4 Å². The number of benzene rings is 1. The Morgan fingerprint density at radius 3 is 2.86 bits per heavy atom. The highest BCUT2D eigenvalue weighted by atomic mass is 79.9. The molecule has 108 valence electrons. The van der Waals surface area contributed by atoms with Crippen LogP contribution in [-0.2, 0) is 0 Å². The molecule has 0 aliphatic heterocycles. The van der Waals surface area contributed by atoms with Crippen LogP contribution in [0.15, 0.2) is 46.2 Å². The molecule has 6 nitrogen and oxygen atoms in total. The Kier molecular flexibility index (Phi) is 4.54. The summed E-state index contributed by atoms with van der Waals surface area (Å²) in [4.78, 5) is 16.3. The molecule has 0 radical (unpaired) electrons. The van der Waals surface area contributed by atoms with Crippen molar-refractivity contribution in [3.63, 3.8) is 0 Å². The van der Waals surface area contributed by atoms with Gasteiger partial charge in [0.25, 0.3) is 5.91 Å². The Bertz CT molecular complexity index is 716. The van der Waals surface area contributed by atoms with Gasteiger partial charge in [-0.15, -0.1) is 0 Å². The number of nitrogens with zero attached hydrogens (tertiary/aromatic N) is 2. The van der Waals surface area contributed by atoms with Gasteiger partial charge >= 0.3 is 0 Å². The first-order chi connectivity index (χ1) is 10.0. The fraction of sp³-hybridized carbons (Fsp3) is 0.0714. The molecule has 1 aromatic heterocycles. The minimum absolute atomic E-state index is 0.0236. The van der Waals surface area contributed by atoms with E-state index in [-0.39, 0.29) is 17.4 Å². The van der Waals surface area contributed by atoms with Gasteiger partial charge in [-0.05, 0) is 46.6 Å². The summed E-state index contributed by atoms with van der Waals surface area (Å²) in [7, 11) is 0. The zero-order chi connectivity index (χ0) is 15.4. The Morgan fingerprint density at radius 1 is 1.43 bits per heavy atom. The number of anilines is 1. The van der Waals surface area contributed by atoms with Crippen LogP contribution >= 0.6 is 15.9 Å². The molecule has 0 bridgehead atoms. The lowest BCUT2D eigenvalue weighted by atomic mass is 10.1. The normalized spacial score (nSPS) is 11.2. The summed E-state index contributed by atoms with van der Waals surface area (Å²) in [5.41, 5.74) is 7.77. The highest BCUT2D eigenvalue weighted by Crippen LogP contribution is 2.20. The zero-order valence-corrected chi connectivity index (χ0v) is 12.8. The number of halogens is 1. The number of oxime groups is 1. The van der Waals surface area contributed by atoms with E-state index in [0.29, 0.717) is 15.7 Å². The molecule has 0 fully saturated rings. The Morgan fingerprint density at radius 2 is 2.19 bits per heavy atom. The maximum atomic E-state index is 12.2. The van der Waals surface area contributed by atoms with E-state index in [1.54, 1.807) is 36.5 Å². The van der Waals surface area contributed by atoms with Crippen LogP contribution < -0.4 is 11.1 Å². The van der Waals surface area contributed by atoms with Crippen molar-refractivity contribution in [3.05, 3.63) is 57.8 Å². The van der Waals surface area contributed by atoms with E-state index in [1.165, 1.54) is 0 Å². The average molecular weight is 349 g/mol. The van der Waals surface area contributed by atoms with Gasteiger partial charge in [0.1, 0.15) is 5.69 Å². The van der Waals surface area contributed by atoms with Gasteiger partial charge < -0.3 is 16.3 Å². The number of hydrogen-bond donors (Lipinski definition) is 3. The van der Waals surface area contributed by atoms with Crippen LogP contribution in [0.4, 0.5) is 5.69 Å². The molecule has 21 heavy (non-hydrogen) atoms. The number of nitrogens with one attached hydrogen (secondary N) is 1. The summed E-state index contributed by atoms with van der Waals surface area (Å²) in [6.45, 7) is 1.85. The van der Waals surface area contributed by atoms with Gasteiger partial charge in [-0.1, -0.05) is 17.3 Å². The number of hydrogen-bond acceptors (Lipinski definition) is 4. The molecule has 7 heteroatoms. The molecule has 1 heterocycles. The van der Waals surface area contributed by atoms with E-state index in [9.17, 15) is 4.79 Å². The molecular weight excluding hydrogens is 336 g/mol. The Labute approximate surface area is 129 Å². The van der Waals surface area contributed by atoms with Gasteiger partial charge in [0, 0.05) is 21.9 Å². The molecule has 0 saturated heterocycles. The molecule has 0 unspecified atom stereocenters. The summed E-state index contributed by atoms with van der Waals surface area (Å²) in [5.74, 6) is -0.369. The SMILES string of the molecule is Cc1ccc(/C(N)=N/O)cc1NC(=O)c1ncccc1Br. The van der Waals surface area contributed by atoms with E-state index in [0.717, 1.165) is 5.56 Å². The topological polar surface area (TPSA) is 101 Å². The molecule has 1 amide bonds. The predicted octanol–water partition coefficient (Wildman–Crippen LogP) is 2.50. The minimum atomic E-state index is -0.345. The third kappa shape index (κ3) is 3.38. The first-order valence-electron chi connectivity index (χ1n) is 6.03. The molecule has 2 aromatic rings. The van der Waals surface area contributed by atoms with Crippen molar-refractivity contribution < 1.29 is 10.0 Å². The van der Waals surface area contributed by atoms with Gasteiger partial charge in [-0.3, -0.25) is 4.79 Å². The molecule has 0 aliphatic rings. The largest absolute Gasteiger partial charge is 0.409 e.